The molecule has 0 aliphatic rings. The summed E-state index contributed by atoms with van der Waals surface area (Å²) >= 11 is 0. The normalized spacial score (nSPS) is 10.4. The van der Waals surface area contributed by atoms with Crippen molar-refractivity contribution in [3.05, 3.63) is 22.4 Å². The molecule has 0 aliphatic carbocycles. The Kier molecular flexibility index (Phi) is 1.82. The number of primary amides is 1. The van der Waals surface area contributed by atoms with Crippen molar-refractivity contribution in [2.75, 3.05) is 5.73 Å². The summed E-state index contributed by atoms with van der Waals surface area (Å²) in [4.78, 5) is 35.5. The third kappa shape index (κ3) is 1.37. The minimum Gasteiger partial charge on any atom is -0.382 e. The van der Waals surface area contributed by atoms with Crippen LogP contribution in [-0.2, 0) is 0 Å². The van der Waals surface area contributed by atoms with E-state index in [1.807, 2.05) is 0 Å². The Morgan fingerprint density at radius 3 is 2.80 bits per heavy atom. The molecule has 0 fully saturated rings. The van der Waals surface area contributed by atoms with Gasteiger partial charge in [-0.25, -0.2) is 15.0 Å². The molecule has 0 aromatic carbocycles. The fourth-order valence-electron chi connectivity index (χ4n) is 1.09. The molecule has 0 aliphatic heterocycles. The predicted molar refractivity (Wildman–Crippen MR) is 50.9 cm³/mol. The minimum atomic E-state index is -0.929. The number of carbonyl (C=O) groups is 1. The SMILES string of the molecule is NC(=O)c1nc2c(N)ncnc2[nH]c1=O. The Morgan fingerprint density at radius 2 is 2.13 bits per heavy atom. The van der Waals surface area contributed by atoms with E-state index in [4.69, 9.17) is 11.5 Å². The Morgan fingerprint density at radius 1 is 1.40 bits per heavy atom. The summed E-state index contributed by atoms with van der Waals surface area (Å²) in [5.74, 6) is -0.861. The zero-order valence-electron chi connectivity index (χ0n) is 7.39. The molecule has 2 aromatic heterocycles. The van der Waals surface area contributed by atoms with E-state index >= 15 is 0 Å². The summed E-state index contributed by atoms with van der Waals surface area (Å²) in [5, 5.41) is 0. The number of fused-ring (bicyclic) bond motifs is 1. The summed E-state index contributed by atoms with van der Waals surface area (Å²) in [5.41, 5.74) is 9.64. The standard InChI is InChI=1S/C7H6N6O2/c8-4-2-6(11-1-10-4)13-7(15)3(12-2)5(9)14/h1H,(H2,9,14)(H3,8,10,11,13,15). The van der Waals surface area contributed by atoms with Crippen molar-refractivity contribution in [1.82, 2.24) is 19.9 Å². The van der Waals surface area contributed by atoms with E-state index in [0.29, 0.717) is 0 Å². The number of aromatic nitrogens is 4. The highest BCUT2D eigenvalue weighted by molar-refractivity contribution is 5.93. The highest BCUT2D eigenvalue weighted by atomic mass is 16.2. The molecule has 0 saturated carbocycles. The van der Waals surface area contributed by atoms with E-state index in [-0.39, 0.29) is 17.0 Å². The van der Waals surface area contributed by atoms with Crippen LogP contribution < -0.4 is 17.0 Å². The Hall–Kier alpha value is -2.51. The Bertz CT molecular complexity index is 604. The summed E-state index contributed by atoms with van der Waals surface area (Å²) in [6.07, 6.45) is 1.18. The van der Waals surface area contributed by atoms with Gasteiger partial charge in [-0.3, -0.25) is 9.59 Å². The zero-order valence-corrected chi connectivity index (χ0v) is 7.39. The van der Waals surface area contributed by atoms with Gasteiger partial charge >= 0.3 is 0 Å². The van der Waals surface area contributed by atoms with Crippen LogP contribution in [0.2, 0.25) is 0 Å². The average Bonchev–Trinajstić information content (AvgIpc) is 2.16. The molecule has 2 aromatic rings. The van der Waals surface area contributed by atoms with Crippen LogP contribution in [0.1, 0.15) is 10.5 Å². The first-order valence-corrected chi connectivity index (χ1v) is 3.90. The summed E-state index contributed by atoms with van der Waals surface area (Å²) in [6.45, 7) is 0. The van der Waals surface area contributed by atoms with E-state index < -0.39 is 17.2 Å². The highest BCUT2D eigenvalue weighted by Crippen LogP contribution is 2.09. The fraction of sp³-hybridized carbons (Fsp3) is 0. The number of amides is 1. The van der Waals surface area contributed by atoms with Gasteiger partial charge in [0, 0.05) is 0 Å². The number of nitrogen functional groups attached to an aromatic ring is 1. The molecule has 0 unspecified atom stereocenters. The number of nitrogens with zero attached hydrogens (tertiary/aromatic N) is 3. The second kappa shape index (κ2) is 3.01. The summed E-state index contributed by atoms with van der Waals surface area (Å²) < 4.78 is 0. The van der Waals surface area contributed by atoms with Gasteiger partial charge in [0.2, 0.25) is 0 Å². The molecule has 0 radical (unpaired) electrons. The van der Waals surface area contributed by atoms with Crippen LogP contribution >= 0.6 is 0 Å². The van der Waals surface area contributed by atoms with Crippen molar-refractivity contribution in [1.29, 1.82) is 0 Å². The van der Waals surface area contributed by atoms with Gasteiger partial charge in [0.15, 0.2) is 17.2 Å². The molecule has 8 nitrogen and oxygen atoms in total. The first-order valence-electron chi connectivity index (χ1n) is 3.90. The quantitative estimate of drug-likeness (QED) is 0.512. The molecule has 0 bridgehead atoms. The summed E-state index contributed by atoms with van der Waals surface area (Å²) in [6, 6.07) is 0. The lowest BCUT2D eigenvalue weighted by Gasteiger charge is -1.99. The molecule has 8 heteroatoms. The predicted octanol–water partition coefficient (Wildman–Crippen LogP) is -1.61. The van der Waals surface area contributed by atoms with Crippen molar-refractivity contribution in [2.24, 2.45) is 5.73 Å². The van der Waals surface area contributed by atoms with Crippen LogP contribution in [0.25, 0.3) is 11.2 Å². The molecular formula is C7H6N6O2. The lowest BCUT2D eigenvalue weighted by Crippen LogP contribution is -2.26. The third-order valence-electron chi connectivity index (χ3n) is 1.75. The minimum absolute atomic E-state index is 0.0683. The van der Waals surface area contributed by atoms with Crippen molar-refractivity contribution >= 4 is 22.9 Å². The van der Waals surface area contributed by atoms with Crippen LogP contribution in [0, 0.1) is 0 Å². The number of hydrogen-bond acceptors (Lipinski definition) is 6. The van der Waals surface area contributed by atoms with E-state index in [1.54, 1.807) is 0 Å². The van der Waals surface area contributed by atoms with E-state index in [2.05, 4.69) is 19.9 Å². The van der Waals surface area contributed by atoms with Gasteiger partial charge in [-0.1, -0.05) is 0 Å². The molecule has 2 heterocycles. The number of aromatic amines is 1. The first-order chi connectivity index (χ1) is 7.09. The summed E-state index contributed by atoms with van der Waals surface area (Å²) in [7, 11) is 0. The van der Waals surface area contributed by atoms with Crippen LogP contribution in [0.3, 0.4) is 0 Å². The van der Waals surface area contributed by atoms with Gasteiger partial charge in [-0.05, 0) is 0 Å². The zero-order chi connectivity index (χ0) is 11.0. The molecule has 5 N–H and O–H groups in total. The number of nitrogens with two attached hydrogens (primary N) is 2. The Labute approximate surface area is 82.4 Å². The lowest BCUT2D eigenvalue weighted by molar-refractivity contribution is 0.0994. The van der Waals surface area contributed by atoms with Gasteiger partial charge in [-0.2, -0.15) is 0 Å². The van der Waals surface area contributed by atoms with E-state index in [1.165, 1.54) is 6.33 Å². The van der Waals surface area contributed by atoms with E-state index in [0.717, 1.165) is 0 Å². The largest absolute Gasteiger partial charge is 0.382 e. The van der Waals surface area contributed by atoms with E-state index in [9.17, 15) is 9.59 Å². The second-order valence-electron chi connectivity index (χ2n) is 2.73. The van der Waals surface area contributed by atoms with Crippen LogP contribution in [0.4, 0.5) is 5.82 Å². The van der Waals surface area contributed by atoms with Crippen molar-refractivity contribution in [2.45, 2.75) is 0 Å². The number of H-pyrrole nitrogens is 1. The highest BCUT2D eigenvalue weighted by Gasteiger charge is 2.12. The second-order valence-corrected chi connectivity index (χ2v) is 2.73. The Balaban J connectivity index is 2.90. The van der Waals surface area contributed by atoms with Crippen LogP contribution in [0.15, 0.2) is 11.1 Å². The number of nitrogens with one attached hydrogen (secondary N) is 1. The molecule has 0 spiro atoms. The molecule has 1 amide bonds. The molecular weight excluding hydrogens is 200 g/mol. The topological polar surface area (TPSA) is 141 Å². The maximum atomic E-state index is 11.3. The molecule has 2 rings (SSSR count). The van der Waals surface area contributed by atoms with Crippen LogP contribution in [0.5, 0.6) is 0 Å². The van der Waals surface area contributed by atoms with Crippen molar-refractivity contribution in [3.63, 3.8) is 0 Å². The maximum Gasteiger partial charge on any atom is 0.281 e. The van der Waals surface area contributed by atoms with Crippen LogP contribution in [-0.4, -0.2) is 25.8 Å². The van der Waals surface area contributed by atoms with Gasteiger partial charge in [0.25, 0.3) is 11.5 Å². The molecule has 0 atom stereocenters. The van der Waals surface area contributed by atoms with Gasteiger partial charge < -0.3 is 16.5 Å². The molecule has 15 heavy (non-hydrogen) atoms. The third-order valence-corrected chi connectivity index (χ3v) is 1.75. The molecule has 0 saturated heterocycles. The number of rotatable bonds is 1. The van der Waals surface area contributed by atoms with Gasteiger partial charge in [0.05, 0.1) is 0 Å². The number of carbonyl (C=O) groups excluding carboxylic acids is 1. The maximum absolute atomic E-state index is 11.3. The van der Waals surface area contributed by atoms with Gasteiger partial charge in [-0.15, -0.1) is 0 Å². The average molecular weight is 206 g/mol. The van der Waals surface area contributed by atoms with Crippen molar-refractivity contribution < 1.29 is 4.79 Å². The van der Waals surface area contributed by atoms with Gasteiger partial charge in [0.1, 0.15) is 11.8 Å². The first kappa shape index (κ1) is 9.06. The van der Waals surface area contributed by atoms with Crippen molar-refractivity contribution in [3.8, 4) is 0 Å². The smallest absolute Gasteiger partial charge is 0.281 e. The lowest BCUT2D eigenvalue weighted by atomic mass is 10.4. The monoisotopic (exact) mass is 206 g/mol. The fourth-order valence-corrected chi connectivity index (χ4v) is 1.09. The molecule has 76 valence electrons. The number of hydrogen-bond donors (Lipinski definition) is 3. The number of anilines is 1.